The highest BCUT2D eigenvalue weighted by atomic mass is 19.4. The fraction of sp³-hybridized carbons (Fsp3) is 0.182. The molecule has 3 nitrogen and oxygen atoms in total. The molecule has 0 saturated heterocycles. The minimum absolute atomic E-state index is 0.102. The van der Waals surface area contributed by atoms with Gasteiger partial charge in [0.1, 0.15) is 5.76 Å². The number of rotatable bonds is 2. The molecule has 0 aliphatic carbocycles. The molecule has 0 spiro atoms. The third-order valence-corrected chi connectivity index (χ3v) is 2.34. The number of aromatic nitrogens is 1. The molecule has 2 N–H and O–H groups in total. The topological polar surface area (TPSA) is 52.0 Å². The molecule has 1 atom stereocenters. The molecule has 0 aromatic carbocycles. The van der Waals surface area contributed by atoms with Crippen LogP contribution in [0.3, 0.4) is 0 Å². The smallest absolute Gasteiger partial charge is 0.416 e. The molecule has 0 aliphatic heterocycles. The summed E-state index contributed by atoms with van der Waals surface area (Å²) in [5.41, 5.74) is 4.83. The van der Waals surface area contributed by atoms with Crippen molar-refractivity contribution < 1.29 is 17.6 Å². The van der Waals surface area contributed by atoms with Gasteiger partial charge in [-0.25, -0.2) is 0 Å². The van der Waals surface area contributed by atoms with Gasteiger partial charge in [-0.1, -0.05) is 0 Å². The maximum absolute atomic E-state index is 12.7. The van der Waals surface area contributed by atoms with Crippen LogP contribution < -0.4 is 5.73 Å². The van der Waals surface area contributed by atoms with Gasteiger partial charge in [0.2, 0.25) is 0 Å². The summed E-state index contributed by atoms with van der Waals surface area (Å²) in [5, 5.41) is 0. The quantitative estimate of drug-likeness (QED) is 0.880. The Kier molecular flexibility index (Phi) is 2.89. The Bertz CT molecular complexity index is 494. The average Bonchev–Trinajstić information content (AvgIpc) is 2.80. The molecule has 2 rings (SSSR count). The van der Waals surface area contributed by atoms with Crippen LogP contribution in [0, 0.1) is 0 Å². The first-order chi connectivity index (χ1) is 8.00. The molecule has 0 aliphatic rings. The predicted molar refractivity (Wildman–Crippen MR) is 54.0 cm³/mol. The maximum Gasteiger partial charge on any atom is 0.416 e. The van der Waals surface area contributed by atoms with Crippen molar-refractivity contribution in [1.82, 2.24) is 4.98 Å². The standard InChI is InChI=1S/C11H9F3N2O/c12-11(13,14)8-3-4-16-6-7(8)10(15)9-2-1-5-17-9/h1-6,10H,15H2. The minimum atomic E-state index is -4.46. The van der Waals surface area contributed by atoms with E-state index in [0.29, 0.717) is 0 Å². The first kappa shape index (κ1) is 11.7. The van der Waals surface area contributed by atoms with E-state index in [1.165, 1.54) is 12.3 Å². The second-order valence-corrected chi connectivity index (χ2v) is 3.45. The lowest BCUT2D eigenvalue weighted by molar-refractivity contribution is -0.138. The Labute approximate surface area is 95.1 Å². The molecule has 90 valence electrons. The van der Waals surface area contributed by atoms with E-state index in [0.717, 1.165) is 18.5 Å². The van der Waals surface area contributed by atoms with Crippen LogP contribution in [0.25, 0.3) is 0 Å². The van der Waals surface area contributed by atoms with Gasteiger partial charge in [-0.05, 0) is 18.2 Å². The number of alkyl halides is 3. The van der Waals surface area contributed by atoms with Crippen molar-refractivity contribution in [1.29, 1.82) is 0 Å². The number of hydrogen-bond donors (Lipinski definition) is 1. The molecular weight excluding hydrogens is 233 g/mol. The summed E-state index contributed by atoms with van der Waals surface area (Å²) in [6, 6.07) is 3.02. The fourth-order valence-corrected chi connectivity index (χ4v) is 1.53. The van der Waals surface area contributed by atoms with Crippen molar-refractivity contribution in [2.75, 3.05) is 0 Å². The summed E-state index contributed by atoms with van der Waals surface area (Å²) in [6.07, 6.45) is -0.904. The van der Waals surface area contributed by atoms with Gasteiger partial charge in [0, 0.05) is 18.0 Å². The van der Waals surface area contributed by atoms with Gasteiger partial charge in [-0.3, -0.25) is 4.98 Å². The number of nitrogens with two attached hydrogens (primary N) is 1. The van der Waals surface area contributed by atoms with E-state index >= 15 is 0 Å². The molecule has 0 fully saturated rings. The number of hydrogen-bond acceptors (Lipinski definition) is 3. The molecular formula is C11H9F3N2O. The van der Waals surface area contributed by atoms with Crippen molar-refractivity contribution in [3.63, 3.8) is 0 Å². The fourth-order valence-electron chi connectivity index (χ4n) is 1.53. The van der Waals surface area contributed by atoms with E-state index in [1.807, 2.05) is 0 Å². The van der Waals surface area contributed by atoms with Crippen molar-refractivity contribution in [3.8, 4) is 0 Å². The first-order valence-corrected chi connectivity index (χ1v) is 4.80. The second kappa shape index (κ2) is 4.21. The van der Waals surface area contributed by atoms with E-state index in [1.54, 1.807) is 6.07 Å². The molecule has 0 bridgehead atoms. The number of pyridine rings is 1. The van der Waals surface area contributed by atoms with E-state index in [2.05, 4.69) is 4.98 Å². The van der Waals surface area contributed by atoms with E-state index in [9.17, 15) is 13.2 Å². The summed E-state index contributed by atoms with van der Waals surface area (Å²) in [7, 11) is 0. The predicted octanol–water partition coefficient (Wildman–Crippen LogP) is 2.74. The lowest BCUT2D eigenvalue weighted by Crippen LogP contribution is -2.18. The highest BCUT2D eigenvalue weighted by Crippen LogP contribution is 2.35. The lowest BCUT2D eigenvalue weighted by Gasteiger charge is -2.15. The normalized spacial score (nSPS) is 13.6. The van der Waals surface area contributed by atoms with Crippen LogP contribution >= 0.6 is 0 Å². The van der Waals surface area contributed by atoms with Gasteiger partial charge in [-0.15, -0.1) is 0 Å². The summed E-state index contributed by atoms with van der Waals surface area (Å²) in [5.74, 6) is 0.267. The van der Waals surface area contributed by atoms with Crippen LogP contribution in [-0.2, 0) is 6.18 Å². The second-order valence-electron chi connectivity index (χ2n) is 3.45. The summed E-state index contributed by atoms with van der Waals surface area (Å²) in [4.78, 5) is 3.67. The highest BCUT2D eigenvalue weighted by molar-refractivity contribution is 5.33. The van der Waals surface area contributed by atoms with Gasteiger partial charge in [0.05, 0.1) is 17.9 Å². The largest absolute Gasteiger partial charge is 0.467 e. The van der Waals surface area contributed by atoms with Gasteiger partial charge in [0.25, 0.3) is 0 Å². The molecule has 0 saturated carbocycles. The highest BCUT2D eigenvalue weighted by Gasteiger charge is 2.35. The Morgan fingerprint density at radius 1 is 1.29 bits per heavy atom. The number of furan rings is 1. The van der Waals surface area contributed by atoms with Gasteiger partial charge in [-0.2, -0.15) is 13.2 Å². The van der Waals surface area contributed by atoms with Crippen LogP contribution in [0.1, 0.15) is 22.9 Å². The Balaban J connectivity index is 2.46. The molecule has 2 heterocycles. The molecule has 2 aromatic heterocycles. The monoisotopic (exact) mass is 242 g/mol. The first-order valence-electron chi connectivity index (χ1n) is 4.80. The number of nitrogens with zero attached hydrogens (tertiary/aromatic N) is 1. The molecule has 6 heteroatoms. The average molecular weight is 242 g/mol. The molecule has 0 radical (unpaired) electrons. The third-order valence-electron chi connectivity index (χ3n) is 2.34. The van der Waals surface area contributed by atoms with E-state index in [-0.39, 0.29) is 11.3 Å². The summed E-state index contributed by atoms with van der Waals surface area (Å²) in [6.45, 7) is 0. The molecule has 17 heavy (non-hydrogen) atoms. The van der Waals surface area contributed by atoms with Gasteiger partial charge < -0.3 is 10.2 Å². The maximum atomic E-state index is 12.7. The van der Waals surface area contributed by atoms with Crippen LogP contribution in [0.15, 0.2) is 41.3 Å². The zero-order valence-corrected chi connectivity index (χ0v) is 8.61. The van der Waals surface area contributed by atoms with Crippen LogP contribution in [0.5, 0.6) is 0 Å². The Morgan fingerprint density at radius 2 is 2.06 bits per heavy atom. The zero-order chi connectivity index (χ0) is 12.5. The minimum Gasteiger partial charge on any atom is -0.467 e. The molecule has 2 aromatic rings. The van der Waals surface area contributed by atoms with Crippen molar-refractivity contribution in [3.05, 3.63) is 53.7 Å². The van der Waals surface area contributed by atoms with Crippen LogP contribution in [0.4, 0.5) is 13.2 Å². The third kappa shape index (κ3) is 2.31. The molecule has 1 unspecified atom stereocenters. The van der Waals surface area contributed by atoms with Gasteiger partial charge in [0.15, 0.2) is 0 Å². The van der Waals surface area contributed by atoms with E-state index in [4.69, 9.17) is 10.2 Å². The van der Waals surface area contributed by atoms with Gasteiger partial charge >= 0.3 is 6.18 Å². The SMILES string of the molecule is NC(c1ccco1)c1cnccc1C(F)(F)F. The molecule has 0 amide bonds. The van der Waals surface area contributed by atoms with Crippen molar-refractivity contribution >= 4 is 0 Å². The van der Waals surface area contributed by atoms with Crippen molar-refractivity contribution in [2.24, 2.45) is 5.73 Å². The summed E-state index contributed by atoms with van der Waals surface area (Å²) < 4.78 is 43.2. The van der Waals surface area contributed by atoms with Crippen molar-refractivity contribution in [2.45, 2.75) is 12.2 Å². The Hall–Kier alpha value is -1.82. The van der Waals surface area contributed by atoms with Crippen LogP contribution in [-0.4, -0.2) is 4.98 Å². The summed E-state index contributed by atoms with van der Waals surface area (Å²) >= 11 is 0. The van der Waals surface area contributed by atoms with E-state index < -0.39 is 17.8 Å². The number of halogens is 3. The van der Waals surface area contributed by atoms with Crippen LogP contribution in [0.2, 0.25) is 0 Å². The zero-order valence-electron chi connectivity index (χ0n) is 8.61. The Morgan fingerprint density at radius 3 is 2.65 bits per heavy atom. The lowest BCUT2D eigenvalue weighted by atomic mass is 10.0.